The van der Waals surface area contributed by atoms with Gasteiger partial charge in [0.15, 0.2) is 0 Å². The molecule has 0 fully saturated rings. The molecule has 0 bridgehead atoms. The molecule has 7 nitrogen and oxygen atoms in total. The summed E-state index contributed by atoms with van der Waals surface area (Å²) in [5.41, 5.74) is 6.09. The number of nitrogens with one attached hydrogen (secondary N) is 1. The predicted molar refractivity (Wildman–Crippen MR) is 114 cm³/mol. The largest absolute Gasteiger partial charge is 0.468 e. The zero-order chi connectivity index (χ0) is 20.8. The summed E-state index contributed by atoms with van der Waals surface area (Å²) in [4.78, 5) is 8.98. The Morgan fingerprint density at radius 1 is 1.24 bits per heavy atom. The van der Waals surface area contributed by atoms with E-state index in [-0.39, 0.29) is 12.1 Å². The number of benzene rings is 1. The van der Waals surface area contributed by atoms with Crippen LogP contribution in [0.25, 0.3) is 11.0 Å². The monoisotopic (exact) mass is 414 g/mol. The summed E-state index contributed by atoms with van der Waals surface area (Å²) in [6.07, 6.45) is 3.76. The molecule has 0 radical (unpaired) electrons. The van der Waals surface area contributed by atoms with Crippen molar-refractivity contribution in [3.05, 3.63) is 46.6 Å². The lowest BCUT2D eigenvalue weighted by Crippen LogP contribution is -2.14. The molecular formula is C21H26N4O3S. The Balaban J connectivity index is 1.87. The molecule has 0 saturated heterocycles. The summed E-state index contributed by atoms with van der Waals surface area (Å²) < 4.78 is 34.6. The van der Waals surface area contributed by atoms with E-state index in [1.165, 1.54) is 11.1 Å². The highest BCUT2D eigenvalue weighted by molar-refractivity contribution is 7.91. The van der Waals surface area contributed by atoms with Gasteiger partial charge in [-0.15, -0.1) is 0 Å². The molecule has 1 unspecified atom stereocenters. The summed E-state index contributed by atoms with van der Waals surface area (Å²) in [6.45, 7) is 6.98. The highest BCUT2D eigenvalue weighted by atomic mass is 32.2. The van der Waals surface area contributed by atoms with Gasteiger partial charge >= 0.3 is 0 Å². The van der Waals surface area contributed by atoms with Gasteiger partial charge in [-0.2, -0.15) is 4.98 Å². The van der Waals surface area contributed by atoms with Crippen LogP contribution in [0.1, 0.15) is 48.3 Å². The van der Waals surface area contributed by atoms with Crippen LogP contribution < -0.4 is 9.46 Å². The Kier molecular flexibility index (Phi) is 4.98. The van der Waals surface area contributed by atoms with Gasteiger partial charge in [-0.05, 0) is 49.8 Å². The van der Waals surface area contributed by atoms with E-state index in [1.54, 1.807) is 0 Å². The molecule has 0 amide bonds. The van der Waals surface area contributed by atoms with Gasteiger partial charge < -0.3 is 9.30 Å². The van der Waals surface area contributed by atoms with E-state index in [9.17, 15) is 8.42 Å². The van der Waals surface area contributed by atoms with Crippen LogP contribution in [-0.2, 0) is 23.0 Å². The maximum Gasteiger partial charge on any atom is 0.244 e. The van der Waals surface area contributed by atoms with Crippen molar-refractivity contribution in [1.82, 2.24) is 14.5 Å². The Morgan fingerprint density at radius 2 is 2.00 bits per heavy atom. The minimum Gasteiger partial charge on any atom is -0.468 e. The number of hydrogen-bond donors (Lipinski definition) is 1. The molecule has 154 valence electrons. The van der Waals surface area contributed by atoms with Crippen molar-refractivity contribution in [3.63, 3.8) is 0 Å². The van der Waals surface area contributed by atoms with E-state index >= 15 is 0 Å². The molecule has 4 rings (SSSR count). The minimum atomic E-state index is -3.50. The van der Waals surface area contributed by atoms with Crippen molar-refractivity contribution in [2.75, 3.05) is 11.0 Å². The van der Waals surface area contributed by atoms with Crippen molar-refractivity contribution >= 4 is 27.0 Å². The lowest BCUT2D eigenvalue weighted by molar-refractivity contribution is 0.201. The van der Waals surface area contributed by atoms with Gasteiger partial charge in [-0.3, -0.25) is 4.72 Å². The topological polar surface area (TPSA) is 86.1 Å². The van der Waals surface area contributed by atoms with Crippen LogP contribution in [0.4, 0.5) is 5.95 Å². The third-order valence-corrected chi connectivity index (χ3v) is 6.03. The Hall–Kier alpha value is -2.61. The van der Waals surface area contributed by atoms with Crippen molar-refractivity contribution in [2.45, 2.75) is 52.7 Å². The van der Waals surface area contributed by atoms with E-state index in [0.717, 1.165) is 54.4 Å². The lowest BCUT2D eigenvalue weighted by Gasteiger charge is -2.17. The second-order valence-corrected chi connectivity index (χ2v) is 9.38. The molecule has 0 spiro atoms. The first-order valence-corrected chi connectivity index (χ1v) is 11.8. The van der Waals surface area contributed by atoms with E-state index in [4.69, 9.17) is 4.74 Å². The zero-order valence-corrected chi connectivity index (χ0v) is 18.0. The van der Waals surface area contributed by atoms with E-state index in [1.807, 2.05) is 26.0 Å². The molecule has 8 heteroatoms. The summed E-state index contributed by atoms with van der Waals surface area (Å²) in [6, 6.07) is 8.26. The molecule has 29 heavy (non-hydrogen) atoms. The van der Waals surface area contributed by atoms with Gasteiger partial charge in [-0.1, -0.05) is 31.2 Å². The highest BCUT2D eigenvalue weighted by Crippen LogP contribution is 2.38. The molecule has 2 heterocycles. The van der Waals surface area contributed by atoms with Crippen LogP contribution in [0.5, 0.6) is 5.88 Å². The maximum atomic E-state index is 11.8. The number of hydrogen-bond acceptors (Lipinski definition) is 5. The average molecular weight is 415 g/mol. The van der Waals surface area contributed by atoms with Crippen LogP contribution in [0, 0.1) is 13.8 Å². The summed E-state index contributed by atoms with van der Waals surface area (Å²) in [5.74, 6) is 0.463. The van der Waals surface area contributed by atoms with Crippen molar-refractivity contribution in [3.8, 4) is 5.88 Å². The first kappa shape index (κ1) is 19.7. The van der Waals surface area contributed by atoms with Crippen molar-refractivity contribution in [1.29, 1.82) is 0 Å². The summed E-state index contributed by atoms with van der Waals surface area (Å²) in [5, 5.41) is 0. The Morgan fingerprint density at radius 3 is 2.72 bits per heavy atom. The van der Waals surface area contributed by atoms with Crippen LogP contribution in [0.2, 0.25) is 0 Å². The normalized spacial score (nSPS) is 16.2. The maximum absolute atomic E-state index is 11.8. The molecule has 0 saturated carbocycles. The van der Waals surface area contributed by atoms with Gasteiger partial charge in [0.2, 0.25) is 21.9 Å². The number of ether oxygens (including phenoxy) is 1. The van der Waals surface area contributed by atoms with Crippen LogP contribution in [-0.4, -0.2) is 29.2 Å². The van der Waals surface area contributed by atoms with Crippen LogP contribution in [0.15, 0.2) is 24.3 Å². The SMILES string of the molecule is CCCn1c(C)c(C)c2nc(NS(C)(=O)=O)nc(OC3CCc4ccccc43)c21. The first-order chi connectivity index (χ1) is 13.8. The standard InChI is InChI=1S/C21H26N4O3S/c1-5-12-25-14(3)13(2)18-19(25)20(23-21(22-18)24-29(4,26)27)28-17-11-10-15-8-6-7-9-16(15)17/h6-9,17H,5,10-12H2,1-4H3,(H,22,23,24). The number of nitrogens with zero attached hydrogens (tertiary/aromatic N) is 3. The average Bonchev–Trinajstić information content (AvgIpc) is 3.16. The molecule has 2 aromatic heterocycles. The number of sulfonamides is 1. The van der Waals surface area contributed by atoms with Crippen LogP contribution >= 0.6 is 0 Å². The minimum absolute atomic E-state index is 0.0398. The zero-order valence-electron chi connectivity index (χ0n) is 17.2. The molecule has 1 aromatic carbocycles. The van der Waals surface area contributed by atoms with E-state index < -0.39 is 10.0 Å². The summed E-state index contributed by atoms with van der Waals surface area (Å²) >= 11 is 0. The van der Waals surface area contributed by atoms with Gasteiger partial charge in [0.25, 0.3) is 0 Å². The van der Waals surface area contributed by atoms with Crippen molar-refractivity contribution < 1.29 is 13.2 Å². The first-order valence-electron chi connectivity index (χ1n) is 9.88. The Labute approximate surface area is 171 Å². The lowest BCUT2D eigenvalue weighted by atomic mass is 10.1. The number of fused-ring (bicyclic) bond motifs is 2. The number of rotatable bonds is 6. The Bertz CT molecular complexity index is 1180. The van der Waals surface area contributed by atoms with Gasteiger partial charge in [-0.25, -0.2) is 13.4 Å². The summed E-state index contributed by atoms with van der Waals surface area (Å²) in [7, 11) is -3.50. The number of anilines is 1. The third-order valence-electron chi connectivity index (χ3n) is 5.48. The quantitative estimate of drug-likeness (QED) is 0.661. The molecule has 0 aliphatic heterocycles. The van der Waals surface area contributed by atoms with Crippen LogP contribution in [0.3, 0.4) is 0 Å². The van der Waals surface area contributed by atoms with E-state index in [2.05, 4.69) is 38.3 Å². The van der Waals surface area contributed by atoms with Gasteiger partial charge in [0.1, 0.15) is 17.1 Å². The molecule has 1 aliphatic rings. The molecule has 1 atom stereocenters. The second-order valence-electron chi connectivity index (χ2n) is 7.63. The molecule has 1 aliphatic carbocycles. The van der Waals surface area contributed by atoms with E-state index in [0.29, 0.717) is 5.88 Å². The fourth-order valence-corrected chi connectivity index (χ4v) is 4.48. The predicted octanol–water partition coefficient (Wildman–Crippen LogP) is 3.90. The molecule has 1 N–H and O–H groups in total. The van der Waals surface area contributed by atoms with Crippen molar-refractivity contribution in [2.24, 2.45) is 0 Å². The fraction of sp³-hybridized carbons (Fsp3) is 0.429. The fourth-order valence-electron chi connectivity index (χ4n) is 4.05. The van der Waals surface area contributed by atoms with Gasteiger partial charge in [0.05, 0.1) is 6.26 Å². The number of aromatic nitrogens is 3. The number of aryl methyl sites for hydroxylation is 3. The molecule has 3 aromatic rings. The molecular weight excluding hydrogens is 388 g/mol. The van der Waals surface area contributed by atoms with Gasteiger partial charge in [0, 0.05) is 12.2 Å². The smallest absolute Gasteiger partial charge is 0.244 e. The third kappa shape index (κ3) is 3.69. The highest BCUT2D eigenvalue weighted by Gasteiger charge is 2.27. The second kappa shape index (κ2) is 7.33.